The van der Waals surface area contributed by atoms with Crippen molar-refractivity contribution in [2.75, 3.05) is 13.2 Å². The number of carbonyl (C=O) groups excluding carboxylic acids is 2. The number of rotatable bonds is 9. The maximum Gasteiger partial charge on any atom is 0.340 e. The van der Waals surface area contributed by atoms with Crippen LogP contribution in [0.4, 0.5) is 0 Å². The van der Waals surface area contributed by atoms with E-state index in [4.69, 9.17) is 9.47 Å². The van der Waals surface area contributed by atoms with Gasteiger partial charge in [-0.25, -0.2) is 4.79 Å². The lowest BCUT2D eigenvalue weighted by Crippen LogP contribution is -2.14. The Hall–Kier alpha value is -2.69. The van der Waals surface area contributed by atoms with E-state index < -0.39 is 5.97 Å². The number of esters is 2. The maximum absolute atomic E-state index is 12.9. The number of hydrogen-bond acceptors (Lipinski definition) is 5. The summed E-state index contributed by atoms with van der Waals surface area (Å²) in [5, 5.41) is 0. The van der Waals surface area contributed by atoms with E-state index in [1.807, 2.05) is 44.2 Å². The smallest absolute Gasteiger partial charge is 0.340 e. The van der Waals surface area contributed by atoms with Crippen LogP contribution in [0.15, 0.2) is 30.3 Å². The van der Waals surface area contributed by atoms with Crippen LogP contribution in [0.2, 0.25) is 0 Å². The third-order valence-corrected chi connectivity index (χ3v) is 4.50. The Kier molecular flexibility index (Phi) is 8.37. The molecule has 0 N–H and O–H groups in total. The largest absolute Gasteiger partial charge is 0.466 e. The molecule has 2 rings (SSSR count). The van der Waals surface area contributed by atoms with Crippen LogP contribution in [0.1, 0.15) is 60.9 Å². The molecule has 0 unspecified atom stereocenters. The maximum atomic E-state index is 12.9. The Balaban J connectivity index is 2.25. The molecule has 0 radical (unpaired) electrons. The fourth-order valence-electron chi connectivity index (χ4n) is 3.17. The van der Waals surface area contributed by atoms with Crippen molar-refractivity contribution in [2.24, 2.45) is 5.92 Å². The number of carbonyl (C=O) groups is 2. The zero-order chi connectivity index (χ0) is 21.4. The number of pyridine rings is 1. The molecule has 5 heteroatoms. The van der Waals surface area contributed by atoms with Crippen LogP contribution < -0.4 is 0 Å². The van der Waals surface area contributed by atoms with Gasteiger partial charge in [0, 0.05) is 12.1 Å². The van der Waals surface area contributed by atoms with Gasteiger partial charge in [-0.3, -0.25) is 9.78 Å². The highest BCUT2D eigenvalue weighted by Crippen LogP contribution is 2.28. The predicted molar refractivity (Wildman–Crippen MR) is 114 cm³/mol. The minimum Gasteiger partial charge on any atom is -0.466 e. The second-order valence-corrected chi connectivity index (χ2v) is 7.63. The molecular weight excluding hydrogens is 366 g/mol. The van der Waals surface area contributed by atoms with E-state index >= 15 is 0 Å². The third-order valence-electron chi connectivity index (χ3n) is 4.50. The SMILES string of the molecule is CCOC(=O)CCCOC(=O)c1c(-c2ccc(C)cc2)cc(CC(C)C)nc1C. The van der Waals surface area contributed by atoms with E-state index in [0.29, 0.717) is 30.2 Å². The Morgan fingerprint density at radius 2 is 1.76 bits per heavy atom. The van der Waals surface area contributed by atoms with Gasteiger partial charge in [0.15, 0.2) is 0 Å². The van der Waals surface area contributed by atoms with Crippen molar-refractivity contribution in [3.63, 3.8) is 0 Å². The van der Waals surface area contributed by atoms with Gasteiger partial charge in [0.1, 0.15) is 0 Å². The first-order valence-electron chi connectivity index (χ1n) is 10.2. The minimum atomic E-state index is -0.412. The number of aromatic nitrogens is 1. The van der Waals surface area contributed by atoms with Crippen LogP contribution in [0, 0.1) is 19.8 Å². The van der Waals surface area contributed by atoms with E-state index in [-0.39, 0.29) is 19.0 Å². The lowest BCUT2D eigenvalue weighted by atomic mass is 9.95. The van der Waals surface area contributed by atoms with Crippen molar-refractivity contribution in [2.45, 2.75) is 53.9 Å². The number of ether oxygens (including phenoxy) is 2. The van der Waals surface area contributed by atoms with Crippen LogP contribution >= 0.6 is 0 Å². The van der Waals surface area contributed by atoms with Gasteiger partial charge in [0.25, 0.3) is 0 Å². The average molecular weight is 398 g/mol. The summed E-state index contributed by atoms with van der Waals surface area (Å²) in [5.74, 6) is -0.223. The first-order chi connectivity index (χ1) is 13.8. The Labute approximate surface area is 173 Å². The summed E-state index contributed by atoms with van der Waals surface area (Å²) in [6, 6.07) is 10.1. The topological polar surface area (TPSA) is 65.5 Å². The summed E-state index contributed by atoms with van der Waals surface area (Å²) < 4.78 is 10.4. The van der Waals surface area contributed by atoms with Crippen LogP contribution in [-0.4, -0.2) is 30.1 Å². The van der Waals surface area contributed by atoms with Crippen molar-refractivity contribution < 1.29 is 19.1 Å². The normalized spacial score (nSPS) is 10.8. The number of aryl methyl sites for hydroxylation is 2. The molecular formula is C24H31NO4. The van der Waals surface area contributed by atoms with Crippen molar-refractivity contribution in [1.29, 1.82) is 0 Å². The summed E-state index contributed by atoms with van der Waals surface area (Å²) in [6.45, 7) is 10.5. The highest BCUT2D eigenvalue weighted by molar-refractivity contribution is 5.98. The molecule has 2 aromatic rings. The highest BCUT2D eigenvalue weighted by Gasteiger charge is 2.20. The zero-order valence-electron chi connectivity index (χ0n) is 18.1. The third kappa shape index (κ3) is 6.70. The fraction of sp³-hybridized carbons (Fsp3) is 0.458. The van der Waals surface area contributed by atoms with Gasteiger partial charge in [-0.05, 0) is 56.7 Å². The predicted octanol–water partition coefficient (Wildman–Crippen LogP) is 5.06. The monoisotopic (exact) mass is 397 g/mol. The molecule has 0 fully saturated rings. The van der Waals surface area contributed by atoms with E-state index in [1.54, 1.807) is 6.92 Å². The number of nitrogens with zero attached hydrogens (tertiary/aromatic N) is 1. The second kappa shape index (κ2) is 10.7. The van der Waals surface area contributed by atoms with Crippen molar-refractivity contribution in [3.8, 4) is 11.1 Å². The van der Waals surface area contributed by atoms with Gasteiger partial charge in [-0.2, -0.15) is 0 Å². The first kappa shape index (κ1) is 22.6. The van der Waals surface area contributed by atoms with Crippen LogP contribution in [0.5, 0.6) is 0 Å². The molecule has 0 saturated carbocycles. The van der Waals surface area contributed by atoms with Crippen molar-refractivity contribution in [3.05, 3.63) is 52.8 Å². The molecule has 0 aliphatic carbocycles. The lowest BCUT2D eigenvalue weighted by molar-refractivity contribution is -0.143. The van der Waals surface area contributed by atoms with Crippen LogP contribution in [0.25, 0.3) is 11.1 Å². The Morgan fingerprint density at radius 1 is 1.07 bits per heavy atom. The van der Waals surface area contributed by atoms with Crippen LogP contribution in [0.3, 0.4) is 0 Å². The summed E-state index contributed by atoms with van der Waals surface area (Å²) in [5.41, 5.74) is 5.07. The van der Waals surface area contributed by atoms with Gasteiger partial charge < -0.3 is 9.47 Å². The van der Waals surface area contributed by atoms with Gasteiger partial charge in [0.05, 0.1) is 24.5 Å². The molecule has 29 heavy (non-hydrogen) atoms. The summed E-state index contributed by atoms with van der Waals surface area (Å²) >= 11 is 0. The molecule has 0 aliphatic rings. The fourth-order valence-corrected chi connectivity index (χ4v) is 3.17. The second-order valence-electron chi connectivity index (χ2n) is 7.63. The lowest BCUT2D eigenvalue weighted by Gasteiger charge is -2.15. The highest BCUT2D eigenvalue weighted by atomic mass is 16.5. The van der Waals surface area contributed by atoms with E-state index in [9.17, 15) is 9.59 Å². The summed E-state index contributed by atoms with van der Waals surface area (Å²) in [6.07, 6.45) is 1.51. The number of hydrogen-bond donors (Lipinski definition) is 0. The van der Waals surface area contributed by atoms with Gasteiger partial charge >= 0.3 is 11.9 Å². The molecule has 0 atom stereocenters. The standard InChI is InChI=1S/C24H31NO4/c1-6-28-22(26)8-7-13-29-24(27)23-18(5)25-20(14-16(2)3)15-21(23)19-11-9-17(4)10-12-19/h9-12,15-16H,6-8,13-14H2,1-5H3. The van der Waals surface area contributed by atoms with E-state index in [0.717, 1.165) is 28.8 Å². The number of benzene rings is 1. The minimum absolute atomic E-state index is 0.165. The van der Waals surface area contributed by atoms with Gasteiger partial charge in [-0.15, -0.1) is 0 Å². The van der Waals surface area contributed by atoms with Gasteiger partial charge in [-0.1, -0.05) is 43.7 Å². The van der Waals surface area contributed by atoms with Crippen molar-refractivity contribution in [1.82, 2.24) is 4.98 Å². The Bertz CT molecular complexity index is 841. The molecule has 0 spiro atoms. The molecule has 1 heterocycles. The molecule has 0 aliphatic heterocycles. The van der Waals surface area contributed by atoms with E-state index in [2.05, 4.69) is 18.8 Å². The summed E-state index contributed by atoms with van der Waals surface area (Å²) in [4.78, 5) is 28.9. The van der Waals surface area contributed by atoms with Crippen LogP contribution in [-0.2, 0) is 20.7 Å². The van der Waals surface area contributed by atoms with E-state index in [1.165, 1.54) is 0 Å². The quantitative estimate of drug-likeness (QED) is 0.437. The van der Waals surface area contributed by atoms with Gasteiger partial charge in [0.2, 0.25) is 0 Å². The van der Waals surface area contributed by atoms with Crippen molar-refractivity contribution >= 4 is 11.9 Å². The zero-order valence-corrected chi connectivity index (χ0v) is 18.1. The molecule has 1 aromatic heterocycles. The summed E-state index contributed by atoms with van der Waals surface area (Å²) in [7, 11) is 0. The molecule has 156 valence electrons. The molecule has 1 aromatic carbocycles. The average Bonchev–Trinajstić information content (AvgIpc) is 2.65. The molecule has 5 nitrogen and oxygen atoms in total. The Morgan fingerprint density at radius 3 is 2.38 bits per heavy atom. The molecule has 0 saturated heterocycles. The molecule has 0 bridgehead atoms. The first-order valence-corrected chi connectivity index (χ1v) is 10.2. The molecule has 0 amide bonds.